The van der Waals surface area contributed by atoms with E-state index in [1.165, 1.54) is 11.1 Å². The second-order valence-electron chi connectivity index (χ2n) is 5.90. The number of benzene rings is 2. The van der Waals surface area contributed by atoms with Crippen molar-refractivity contribution in [3.05, 3.63) is 60.7 Å². The van der Waals surface area contributed by atoms with Gasteiger partial charge in [0.1, 0.15) is 0 Å². The summed E-state index contributed by atoms with van der Waals surface area (Å²) in [5.74, 6) is 0.696. The number of rotatable bonds is 6. The number of hydrogen-bond donors (Lipinski definition) is 0. The molecule has 1 aromatic heterocycles. The molecule has 0 aliphatic heterocycles. The third-order valence-corrected chi connectivity index (χ3v) is 3.78. The molecule has 1 heterocycles. The summed E-state index contributed by atoms with van der Waals surface area (Å²) in [6.45, 7) is 1.69. The van der Waals surface area contributed by atoms with Crippen LogP contribution in [0.25, 0.3) is 22.0 Å². The van der Waals surface area contributed by atoms with E-state index in [4.69, 9.17) is 4.74 Å². The van der Waals surface area contributed by atoms with E-state index in [2.05, 4.69) is 54.3 Å². The summed E-state index contributed by atoms with van der Waals surface area (Å²) in [5.41, 5.74) is 3.32. The fraction of sp³-hybridized carbons (Fsp3) is 0.250. The summed E-state index contributed by atoms with van der Waals surface area (Å²) in [7, 11) is 4.14. The minimum Gasteiger partial charge on any atom is -0.478 e. The van der Waals surface area contributed by atoms with Crippen LogP contribution in [0.1, 0.15) is 6.42 Å². The molecule has 3 rings (SSSR count). The second-order valence-corrected chi connectivity index (χ2v) is 5.90. The van der Waals surface area contributed by atoms with Gasteiger partial charge in [0, 0.05) is 18.0 Å². The van der Waals surface area contributed by atoms with Crippen LogP contribution in [-0.4, -0.2) is 42.6 Å². The first kappa shape index (κ1) is 20.9. The third-order valence-electron chi connectivity index (χ3n) is 3.78. The van der Waals surface area contributed by atoms with Gasteiger partial charge < -0.3 is 15.1 Å². The van der Waals surface area contributed by atoms with Gasteiger partial charge in [0.05, 0.1) is 12.1 Å². The van der Waals surface area contributed by atoms with Crippen LogP contribution >= 0.6 is 12.4 Å². The number of pyridine rings is 1. The zero-order chi connectivity index (χ0) is 16.1. The van der Waals surface area contributed by atoms with Crippen LogP contribution in [0.3, 0.4) is 0 Å². The summed E-state index contributed by atoms with van der Waals surface area (Å²) in [4.78, 5) is 6.80. The zero-order valence-corrected chi connectivity index (χ0v) is 15.4. The molecule has 0 aliphatic rings. The summed E-state index contributed by atoms with van der Waals surface area (Å²) >= 11 is 0. The van der Waals surface area contributed by atoms with Crippen LogP contribution in [-0.2, 0) is 0 Å². The van der Waals surface area contributed by atoms with Gasteiger partial charge >= 0.3 is 0 Å². The minimum atomic E-state index is 0. The minimum absolute atomic E-state index is 0. The molecule has 134 valence electrons. The lowest BCUT2D eigenvalue weighted by Crippen LogP contribution is -2.15. The Balaban J connectivity index is 0.00000156. The molecule has 4 nitrogen and oxygen atoms in total. The Kier molecular flexibility index (Phi) is 8.35. The monoisotopic (exact) mass is 360 g/mol. The predicted octanol–water partition coefficient (Wildman–Crippen LogP) is 3.83. The Morgan fingerprint density at radius 2 is 1.64 bits per heavy atom. The average molecular weight is 361 g/mol. The molecule has 3 aromatic rings. The fourth-order valence-corrected chi connectivity index (χ4v) is 2.64. The van der Waals surface area contributed by atoms with E-state index in [1.807, 2.05) is 30.3 Å². The van der Waals surface area contributed by atoms with Crippen LogP contribution in [0.2, 0.25) is 0 Å². The van der Waals surface area contributed by atoms with Gasteiger partial charge in [0.2, 0.25) is 5.88 Å². The van der Waals surface area contributed by atoms with Crippen molar-refractivity contribution in [2.24, 2.45) is 0 Å². The highest BCUT2D eigenvalue weighted by molar-refractivity contribution is 5.95. The maximum absolute atomic E-state index is 5.89. The molecule has 0 saturated heterocycles. The van der Waals surface area contributed by atoms with E-state index in [-0.39, 0.29) is 17.9 Å². The molecule has 0 amide bonds. The van der Waals surface area contributed by atoms with Gasteiger partial charge in [0.15, 0.2) is 0 Å². The molecule has 0 fully saturated rings. The summed E-state index contributed by atoms with van der Waals surface area (Å²) in [6.07, 6.45) is 0.988. The van der Waals surface area contributed by atoms with E-state index in [1.54, 1.807) is 0 Å². The fourth-order valence-electron chi connectivity index (χ4n) is 2.64. The van der Waals surface area contributed by atoms with E-state index in [9.17, 15) is 0 Å². The number of nitrogens with zero attached hydrogens (tertiary/aromatic N) is 2. The van der Waals surface area contributed by atoms with Crippen molar-refractivity contribution >= 4 is 23.3 Å². The van der Waals surface area contributed by atoms with Crippen molar-refractivity contribution in [1.82, 2.24) is 9.88 Å². The van der Waals surface area contributed by atoms with Gasteiger partial charge in [-0.3, -0.25) is 0 Å². The van der Waals surface area contributed by atoms with Crippen molar-refractivity contribution in [2.45, 2.75) is 6.42 Å². The molecular formula is C20H25ClN2O2. The Morgan fingerprint density at radius 3 is 2.36 bits per heavy atom. The second kappa shape index (κ2) is 9.99. The van der Waals surface area contributed by atoms with Gasteiger partial charge in [-0.05, 0) is 37.7 Å². The van der Waals surface area contributed by atoms with Crippen molar-refractivity contribution in [2.75, 3.05) is 27.2 Å². The van der Waals surface area contributed by atoms with Gasteiger partial charge in [-0.15, -0.1) is 12.4 Å². The normalized spacial score (nSPS) is 10.2. The highest BCUT2D eigenvalue weighted by Crippen LogP contribution is 2.30. The summed E-state index contributed by atoms with van der Waals surface area (Å²) in [6, 6.07) is 20.7. The Bertz CT molecular complexity index is 779. The number of aromatic nitrogens is 1. The van der Waals surface area contributed by atoms with Gasteiger partial charge in [-0.25, -0.2) is 4.98 Å². The SMILES string of the molecule is CN(C)CCCOc1cc(-c2ccccc2)c2ccccc2n1.Cl.O. The number of fused-ring (bicyclic) bond motifs is 1. The van der Waals surface area contributed by atoms with Gasteiger partial charge in [0.25, 0.3) is 0 Å². The quantitative estimate of drug-likeness (QED) is 0.628. The summed E-state index contributed by atoms with van der Waals surface area (Å²) < 4.78 is 5.89. The van der Waals surface area contributed by atoms with Crippen LogP contribution in [0, 0.1) is 0 Å². The van der Waals surface area contributed by atoms with Gasteiger partial charge in [-0.1, -0.05) is 48.5 Å². The molecule has 25 heavy (non-hydrogen) atoms. The van der Waals surface area contributed by atoms with E-state index >= 15 is 0 Å². The zero-order valence-electron chi connectivity index (χ0n) is 14.6. The van der Waals surface area contributed by atoms with Gasteiger partial charge in [-0.2, -0.15) is 0 Å². The lowest BCUT2D eigenvalue weighted by molar-refractivity contribution is 0.274. The summed E-state index contributed by atoms with van der Waals surface area (Å²) in [5, 5.41) is 1.15. The maximum atomic E-state index is 5.89. The molecule has 0 saturated carbocycles. The molecule has 2 N–H and O–H groups in total. The van der Waals surface area contributed by atoms with Crippen LogP contribution < -0.4 is 4.74 Å². The highest BCUT2D eigenvalue weighted by Gasteiger charge is 2.08. The molecule has 0 unspecified atom stereocenters. The Labute approximate surface area is 155 Å². The van der Waals surface area contributed by atoms with Crippen LogP contribution in [0.4, 0.5) is 0 Å². The molecule has 0 bridgehead atoms. The molecule has 0 aliphatic carbocycles. The molecule has 2 aromatic carbocycles. The smallest absolute Gasteiger partial charge is 0.214 e. The first-order valence-corrected chi connectivity index (χ1v) is 7.97. The average Bonchev–Trinajstić information content (AvgIpc) is 2.58. The number of hydrogen-bond acceptors (Lipinski definition) is 3. The van der Waals surface area contributed by atoms with Crippen molar-refractivity contribution in [3.63, 3.8) is 0 Å². The van der Waals surface area contributed by atoms with Crippen molar-refractivity contribution < 1.29 is 10.2 Å². The highest BCUT2D eigenvalue weighted by atomic mass is 35.5. The van der Waals surface area contributed by atoms with Crippen LogP contribution in [0.15, 0.2) is 60.7 Å². The number of ether oxygens (including phenoxy) is 1. The van der Waals surface area contributed by atoms with E-state index < -0.39 is 0 Å². The van der Waals surface area contributed by atoms with E-state index in [0.29, 0.717) is 12.5 Å². The lowest BCUT2D eigenvalue weighted by Gasteiger charge is -2.12. The molecule has 5 heteroatoms. The van der Waals surface area contributed by atoms with E-state index in [0.717, 1.165) is 23.9 Å². The predicted molar refractivity (Wildman–Crippen MR) is 107 cm³/mol. The molecule has 0 atom stereocenters. The lowest BCUT2D eigenvalue weighted by atomic mass is 10.0. The topological polar surface area (TPSA) is 56.9 Å². The van der Waals surface area contributed by atoms with Crippen LogP contribution in [0.5, 0.6) is 5.88 Å². The number of para-hydroxylation sites is 1. The molecule has 0 spiro atoms. The largest absolute Gasteiger partial charge is 0.478 e. The Hall–Kier alpha value is -2.14. The number of halogens is 1. The third kappa shape index (κ3) is 5.43. The standard InChI is InChI=1S/C20H22N2O.ClH.H2O/c1-22(2)13-8-14-23-20-15-18(16-9-4-3-5-10-16)17-11-6-7-12-19(17)21-20;;/h3-7,9-12,15H,8,13-14H2,1-2H3;1H;1H2. The molecule has 0 radical (unpaired) electrons. The Morgan fingerprint density at radius 1 is 0.960 bits per heavy atom. The van der Waals surface area contributed by atoms with Crippen molar-refractivity contribution in [3.8, 4) is 17.0 Å². The first-order chi connectivity index (χ1) is 11.2. The molecular weight excluding hydrogens is 336 g/mol. The first-order valence-electron chi connectivity index (χ1n) is 7.97. The van der Waals surface area contributed by atoms with Crippen molar-refractivity contribution in [1.29, 1.82) is 0 Å². The maximum Gasteiger partial charge on any atom is 0.214 e.